The molecule has 0 amide bonds. The molecule has 12 N–H and O–H groups in total. The van der Waals surface area contributed by atoms with E-state index in [1.165, 1.54) is 0 Å². The Balaban J connectivity index is -0.000000113. The van der Waals surface area contributed by atoms with Crippen LogP contribution in [-0.2, 0) is 28.8 Å². The van der Waals surface area contributed by atoms with Gasteiger partial charge in [-0.25, -0.2) is 19.2 Å². The molecule has 0 saturated carbocycles. The third kappa shape index (κ3) is 35.0. The molecule has 0 aromatic heterocycles. The van der Waals surface area contributed by atoms with Crippen LogP contribution in [0.2, 0.25) is 0 Å². The lowest BCUT2D eigenvalue weighted by molar-refractivity contribution is -0.419. The molecule has 0 aromatic carbocycles. The van der Waals surface area contributed by atoms with Crippen molar-refractivity contribution >= 4 is 35.8 Å². The van der Waals surface area contributed by atoms with E-state index in [-0.39, 0.29) is 17.3 Å². The number of aliphatic carboxylic acids is 6. The van der Waals surface area contributed by atoms with Crippen LogP contribution in [0.3, 0.4) is 0 Å². The molecule has 0 aliphatic heterocycles. The lowest BCUT2D eigenvalue weighted by Gasteiger charge is -2.08. The quantitative estimate of drug-likeness (QED) is 0.150. The minimum Gasteiger partial charge on any atom is -0.545 e. The fourth-order valence-electron chi connectivity index (χ4n) is 1.33. The summed E-state index contributed by atoms with van der Waals surface area (Å²) in [7, 11) is 0. The van der Waals surface area contributed by atoms with Crippen LogP contribution in [-0.4, -0.2) is 73.8 Å². The van der Waals surface area contributed by atoms with Gasteiger partial charge in [0.2, 0.25) is 0 Å². The van der Waals surface area contributed by atoms with Gasteiger partial charge in [0.15, 0.2) is 12.1 Å². The molecule has 0 aliphatic carbocycles. The molecular weight excluding hydrogens is 476 g/mol. The number of hydrogen-bond donors (Lipinski definition) is 6. The Bertz CT molecular complexity index is 628. The highest BCUT2D eigenvalue weighted by Gasteiger charge is 2.22. The first-order valence-corrected chi connectivity index (χ1v) is 9.79. The third-order valence-corrected chi connectivity index (χ3v) is 4.02. The highest BCUT2D eigenvalue weighted by Crippen LogP contribution is 2.03. The van der Waals surface area contributed by atoms with Crippen LogP contribution < -0.4 is 21.7 Å². The van der Waals surface area contributed by atoms with Crippen LogP contribution in [0.15, 0.2) is 24.3 Å². The van der Waals surface area contributed by atoms with Crippen LogP contribution in [0.25, 0.3) is 0 Å². The molecular formula is C20H36N2O13. The van der Waals surface area contributed by atoms with Crippen molar-refractivity contribution in [3.63, 3.8) is 0 Å². The molecule has 0 radical (unpaired) electrons. The van der Waals surface area contributed by atoms with E-state index >= 15 is 0 Å². The molecule has 15 heteroatoms. The largest absolute Gasteiger partial charge is 0.545 e. The summed E-state index contributed by atoms with van der Waals surface area (Å²) in [5, 5.41) is 51.3. The second-order valence-electron chi connectivity index (χ2n) is 6.64. The Morgan fingerprint density at radius 3 is 0.943 bits per heavy atom. The molecule has 0 rings (SSSR count). The van der Waals surface area contributed by atoms with Crippen molar-refractivity contribution < 1.29 is 76.3 Å². The maximum atomic E-state index is 10.2. The fraction of sp³-hybridized carbons (Fsp3) is 0.500. The maximum absolute atomic E-state index is 10.2. The van der Waals surface area contributed by atoms with Crippen LogP contribution in [0.5, 0.6) is 0 Å². The first kappa shape index (κ1) is 41.4. The van der Waals surface area contributed by atoms with Crippen molar-refractivity contribution in [3.8, 4) is 0 Å². The van der Waals surface area contributed by atoms with Crippen molar-refractivity contribution in [2.45, 2.75) is 52.6 Å². The van der Waals surface area contributed by atoms with Gasteiger partial charge in [-0.15, -0.1) is 0 Å². The second-order valence-corrected chi connectivity index (χ2v) is 6.64. The monoisotopic (exact) mass is 512 g/mol. The van der Waals surface area contributed by atoms with Crippen LogP contribution in [0.4, 0.5) is 0 Å². The third-order valence-electron chi connectivity index (χ3n) is 4.02. The minimum atomic E-state index is -1.51. The van der Waals surface area contributed by atoms with Crippen molar-refractivity contribution in [2.75, 3.05) is 0 Å². The highest BCUT2D eigenvalue weighted by atomic mass is 16.4. The summed E-state index contributed by atoms with van der Waals surface area (Å²) in [6.45, 7) is 7.72. The molecule has 0 heterocycles. The van der Waals surface area contributed by atoms with E-state index in [9.17, 15) is 39.0 Å². The molecule has 35 heavy (non-hydrogen) atoms. The standard InChI is InChI=1S/2C6H13NO2.2C4H4O4.H2O/c2*1-3-4(2)5(7)6(8)9;2*5-3(6)1-2-4(7)8;/h2*4-5H,3,7H2,1-2H3,(H,8,9);2*1-2H,(H,5,6)(H,7,8);1H2/b;;2*2-1-;/t2*4-,5-;;;/m00.../s1. The van der Waals surface area contributed by atoms with E-state index < -0.39 is 47.9 Å². The Morgan fingerprint density at radius 1 is 0.657 bits per heavy atom. The summed E-state index contributed by atoms with van der Waals surface area (Å²) in [6.07, 6.45) is 3.64. The van der Waals surface area contributed by atoms with Gasteiger partial charge in [-0.2, -0.15) is 0 Å². The SMILES string of the molecule is CC[C@H](C)[C@H]([NH3+])C(=O)O.CC[C@H](C)[C@H]([NH3+])C(=O)O.O.O=C([O-])/C=C\C(=O)O.O=C([O-])/C=C\C(=O)O. The predicted molar refractivity (Wildman–Crippen MR) is 115 cm³/mol. The predicted octanol–water partition coefficient (Wildman–Crippen LogP) is -4.62. The van der Waals surface area contributed by atoms with E-state index in [4.69, 9.17) is 20.4 Å². The van der Waals surface area contributed by atoms with E-state index in [1.807, 2.05) is 27.7 Å². The average Bonchev–Trinajstić information content (AvgIpc) is 2.75. The van der Waals surface area contributed by atoms with Gasteiger partial charge in [0, 0.05) is 24.0 Å². The van der Waals surface area contributed by atoms with Crippen LogP contribution in [0.1, 0.15) is 40.5 Å². The van der Waals surface area contributed by atoms with E-state index in [0.717, 1.165) is 12.8 Å². The van der Waals surface area contributed by atoms with Crippen LogP contribution >= 0.6 is 0 Å². The van der Waals surface area contributed by atoms with Gasteiger partial charge in [-0.3, -0.25) is 0 Å². The first-order chi connectivity index (χ1) is 15.4. The zero-order valence-electron chi connectivity index (χ0n) is 20.0. The van der Waals surface area contributed by atoms with Crippen LogP contribution in [0, 0.1) is 11.8 Å². The van der Waals surface area contributed by atoms with Gasteiger partial charge in [0.05, 0.1) is 11.9 Å². The first-order valence-electron chi connectivity index (χ1n) is 9.79. The van der Waals surface area contributed by atoms with Gasteiger partial charge < -0.3 is 57.2 Å². The number of carbonyl (C=O) groups excluding carboxylic acids is 2. The van der Waals surface area contributed by atoms with Crippen molar-refractivity contribution in [2.24, 2.45) is 11.8 Å². The Morgan fingerprint density at radius 2 is 0.886 bits per heavy atom. The molecule has 204 valence electrons. The molecule has 0 bridgehead atoms. The maximum Gasteiger partial charge on any atom is 0.362 e. The molecule has 4 atom stereocenters. The van der Waals surface area contributed by atoms with Gasteiger partial charge >= 0.3 is 23.9 Å². The van der Waals surface area contributed by atoms with Gasteiger partial charge in [0.25, 0.3) is 0 Å². The summed E-state index contributed by atoms with van der Waals surface area (Å²) in [5.74, 6) is -6.85. The van der Waals surface area contributed by atoms with E-state index in [0.29, 0.717) is 24.3 Å². The van der Waals surface area contributed by atoms with Crippen molar-refractivity contribution in [1.29, 1.82) is 0 Å². The molecule has 0 aromatic rings. The Kier molecular flexibility index (Phi) is 29.4. The van der Waals surface area contributed by atoms with Gasteiger partial charge in [0.1, 0.15) is 0 Å². The normalized spacial score (nSPS) is 13.0. The summed E-state index contributed by atoms with van der Waals surface area (Å²) < 4.78 is 0. The number of carboxylic acid groups (broad SMARTS) is 6. The molecule has 0 unspecified atom stereocenters. The highest BCUT2D eigenvalue weighted by molar-refractivity contribution is 5.89. The fourth-order valence-corrected chi connectivity index (χ4v) is 1.33. The average molecular weight is 513 g/mol. The zero-order valence-corrected chi connectivity index (χ0v) is 20.0. The number of hydrogen-bond acceptors (Lipinski definition) is 8. The Hall–Kier alpha value is -3.82. The minimum absolute atomic E-state index is 0. The van der Waals surface area contributed by atoms with Gasteiger partial charge in [-0.05, 0) is 25.0 Å². The number of rotatable bonds is 10. The van der Waals surface area contributed by atoms with Gasteiger partial charge in [-0.1, -0.05) is 27.7 Å². The number of quaternary nitrogens is 2. The summed E-state index contributed by atoms with van der Waals surface area (Å²) in [4.78, 5) is 58.4. The van der Waals surface area contributed by atoms with E-state index in [1.54, 1.807) is 0 Å². The van der Waals surface area contributed by atoms with Crippen molar-refractivity contribution in [1.82, 2.24) is 0 Å². The smallest absolute Gasteiger partial charge is 0.362 e. The molecule has 0 saturated heterocycles. The molecule has 0 aliphatic rings. The topological polar surface area (TPSA) is 316 Å². The Labute approximate surface area is 201 Å². The zero-order chi connectivity index (χ0) is 28.0. The lowest BCUT2D eigenvalue weighted by atomic mass is 10.0. The van der Waals surface area contributed by atoms with Crippen molar-refractivity contribution in [3.05, 3.63) is 24.3 Å². The number of carbonyl (C=O) groups is 6. The molecule has 0 spiro atoms. The summed E-state index contributed by atoms with van der Waals surface area (Å²) in [6, 6.07) is -0.898. The summed E-state index contributed by atoms with van der Waals surface area (Å²) in [5.41, 5.74) is 7.02. The lowest BCUT2D eigenvalue weighted by Crippen LogP contribution is -2.67. The molecule has 15 nitrogen and oxygen atoms in total. The second kappa shape index (κ2) is 24.8. The van der Waals surface area contributed by atoms with E-state index in [2.05, 4.69) is 11.5 Å². The number of carboxylic acids is 6. The summed E-state index contributed by atoms with van der Waals surface area (Å²) >= 11 is 0. The molecule has 0 fully saturated rings.